The van der Waals surface area contributed by atoms with Crippen LogP contribution in [-0.4, -0.2) is 17.1 Å². The fourth-order valence-corrected chi connectivity index (χ4v) is 2.63. The summed E-state index contributed by atoms with van der Waals surface area (Å²) in [5.74, 6) is 0.801. The van der Waals surface area contributed by atoms with Gasteiger partial charge in [0, 0.05) is 19.2 Å². The van der Waals surface area contributed by atoms with Crippen molar-refractivity contribution in [2.24, 2.45) is 0 Å². The number of hydrogen-bond donors (Lipinski definition) is 1. The van der Waals surface area contributed by atoms with Gasteiger partial charge in [0.15, 0.2) is 5.89 Å². The lowest BCUT2D eigenvalue weighted by Gasteiger charge is -2.09. The van der Waals surface area contributed by atoms with E-state index in [1.54, 1.807) is 31.7 Å². The predicted octanol–water partition coefficient (Wildman–Crippen LogP) is 3.22. The normalized spacial score (nSPS) is 10.7. The highest BCUT2D eigenvalue weighted by Gasteiger charge is 2.16. The average molecular weight is 308 g/mol. The summed E-state index contributed by atoms with van der Waals surface area (Å²) in [7, 11) is 0. The maximum Gasteiger partial charge on any atom is 0.289 e. The SMILES string of the molecule is CSCc1cc(F)ccc1CNC(=O)c1oc(C)nc1C. The number of benzene rings is 1. The van der Waals surface area contributed by atoms with Crippen molar-refractivity contribution in [2.45, 2.75) is 26.1 Å². The molecular formula is C15H17FN2O2S. The second-order valence-electron chi connectivity index (χ2n) is 4.68. The Morgan fingerprint density at radius 1 is 1.38 bits per heavy atom. The molecule has 1 heterocycles. The second-order valence-corrected chi connectivity index (χ2v) is 5.54. The average Bonchev–Trinajstić information content (AvgIpc) is 2.77. The largest absolute Gasteiger partial charge is 0.436 e. The van der Waals surface area contributed by atoms with Crippen molar-refractivity contribution in [3.8, 4) is 0 Å². The van der Waals surface area contributed by atoms with Gasteiger partial charge in [0.1, 0.15) is 5.82 Å². The Labute approximate surface area is 127 Å². The maximum absolute atomic E-state index is 13.3. The lowest BCUT2D eigenvalue weighted by atomic mass is 10.1. The van der Waals surface area contributed by atoms with E-state index in [2.05, 4.69) is 10.3 Å². The number of carbonyl (C=O) groups excluding carboxylic acids is 1. The van der Waals surface area contributed by atoms with E-state index in [9.17, 15) is 9.18 Å². The van der Waals surface area contributed by atoms with Gasteiger partial charge in [0.25, 0.3) is 5.91 Å². The summed E-state index contributed by atoms with van der Waals surface area (Å²) in [5.41, 5.74) is 2.34. The Kier molecular flexibility index (Phi) is 5.01. The van der Waals surface area contributed by atoms with Crippen LogP contribution in [0.3, 0.4) is 0 Å². The molecule has 1 aromatic heterocycles. The summed E-state index contributed by atoms with van der Waals surface area (Å²) in [6.07, 6.45) is 1.95. The smallest absolute Gasteiger partial charge is 0.289 e. The van der Waals surface area contributed by atoms with Crippen LogP contribution in [-0.2, 0) is 12.3 Å². The molecule has 2 aromatic rings. The van der Waals surface area contributed by atoms with Crippen LogP contribution in [0.5, 0.6) is 0 Å². The topological polar surface area (TPSA) is 55.1 Å². The fraction of sp³-hybridized carbons (Fsp3) is 0.333. The number of nitrogens with one attached hydrogen (secondary N) is 1. The molecule has 0 unspecified atom stereocenters. The molecular weight excluding hydrogens is 291 g/mol. The van der Waals surface area contributed by atoms with Gasteiger partial charge in [-0.15, -0.1) is 0 Å². The summed E-state index contributed by atoms with van der Waals surface area (Å²) in [6.45, 7) is 3.75. The molecule has 6 heteroatoms. The van der Waals surface area contributed by atoms with Gasteiger partial charge in [-0.2, -0.15) is 11.8 Å². The lowest BCUT2D eigenvalue weighted by molar-refractivity contribution is 0.0921. The van der Waals surface area contributed by atoms with Crippen molar-refractivity contribution in [1.29, 1.82) is 0 Å². The van der Waals surface area contributed by atoms with Crippen LogP contribution in [0.4, 0.5) is 4.39 Å². The standard InChI is InChI=1S/C15H17FN2O2S/c1-9-14(20-10(2)18-9)15(19)17-7-11-4-5-13(16)6-12(11)8-21-3/h4-6H,7-8H2,1-3H3,(H,17,19). The highest BCUT2D eigenvalue weighted by molar-refractivity contribution is 7.97. The van der Waals surface area contributed by atoms with Crippen LogP contribution in [0.25, 0.3) is 0 Å². The Morgan fingerprint density at radius 2 is 2.14 bits per heavy atom. The number of hydrogen-bond acceptors (Lipinski definition) is 4. The van der Waals surface area contributed by atoms with Gasteiger partial charge in [-0.3, -0.25) is 4.79 Å². The van der Waals surface area contributed by atoms with Crippen molar-refractivity contribution >= 4 is 17.7 Å². The quantitative estimate of drug-likeness (QED) is 0.921. The fourth-order valence-electron chi connectivity index (χ4n) is 2.05. The zero-order chi connectivity index (χ0) is 15.4. The molecule has 112 valence electrons. The summed E-state index contributed by atoms with van der Waals surface area (Å²) in [6, 6.07) is 4.59. The molecule has 0 spiro atoms. The molecule has 0 bridgehead atoms. The van der Waals surface area contributed by atoms with E-state index in [0.29, 0.717) is 23.9 Å². The molecule has 0 aliphatic carbocycles. The summed E-state index contributed by atoms with van der Waals surface area (Å²) in [5, 5.41) is 2.78. The Bertz CT molecular complexity index is 655. The Hall–Kier alpha value is -1.82. The number of aromatic nitrogens is 1. The van der Waals surface area contributed by atoms with Crippen molar-refractivity contribution in [3.05, 3.63) is 52.5 Å². The molecule has 0 saturated heterocycles. The molecule has 4 nitrogen and oxygen atoms in total. The van der Waals surface area contributed by atoms with E-state index < -0.39 is 0 Å². The molecule has 0 aliphatic heterocycles. The van der Waals surface area contributed by atoms with Crippen LogP contribution in [0.15, 0.2) is 22.6 Å². The third-order valence-electron chi connectivity index (χ3n) is 3.02. The molecule has 0 aliphatic rings. The molecule has 1 N–H and O–H groups in total. The Morgan fingerprint density at radius 3 is 2.76 bits per heavy atom. The van der Waals surface area contributed by atoms with E-state index in [1.165, 1.54) is 12.1 Å². The van der Waals surface area contributed by atoms with Gasteiger partial charge in [-0.25, -0.2) is 9.37 Å². The van der Waals surface area contributed by atoms with Gasteiger partial charge in [-0.1, -0.05) is 6.07 Å². The van der Waals surface area contributed by atoms with Gasteiger partial charge in [0.2, 0.25) is 5.76 Å². The molecule has 0 atom stereocenters. The highest BCUT2D eigenvalue weighted by atomic mass is 32.2. The van der Waals surface area contributed by atoms with E-state index in [-0.39, 0.29) is 17.5 Å². The van der Waals surface area contributed by atoms with E-state index >= 15 is 0 Å². The van der Waals surface area contributed by atoms with E-state index in [0.717, 1.165) is 11.1 Å². The molecule has 2 rings (SSSR count). The monoisotopic (exact) mass is 308 g/mol. The summed E-state index contributed by atoms with van der Waals surface area (Å²) in [4.78, 5) is 16.1. The molecule has 0 saturated carbocycles. The third-order valence-corrected chi connectivity index (χ3v) is 3.62. The zero-order valence-electron chi connectivity index (χ0n) is 12.2. The number of halogens is 1. The van der Waals surface area contributed by atoms with Gasteiger partial charge in [-0.05, 0) is 36.4 Å². The van der Waals surface area contributed by atoms with Gasteiger partial charge >= 0.3 is 0 Å². The first-order valence-corrected chi connectivity index (χ1v) is 7.89. The number of oxazole rings is 1. The number of carbonyl (C=O) groups is 1. The summed E-state index contributed by atoms with van der Waals surface area (Å²) >= 11 is 1.61. The van der Waals surface area contributed by atoms with E-state index in [4.69, 9.17) is 4.42 Å². The van der Waals surface area contributed by atoms with E-state index in [1.807, 2.05) is 6.26 Å². The Balaban J connectivity index is 2.09. The molecule has 1 aromatic carbocycles. The number of nitrogens with zero attached hydrogens (tertiary/aromatic N) is 1. The maximum atomic E-state index is 13.3. The molecule has 21 heavy (non-hydrogen) atoms. The minimum Gasteiger partial charge on any atom is -0.436 e. The van der Waals surface area contributed by atoms with Crippen LogP contribution < -0.4 is 5.32 Å². The van der Waals surface area contributed by atoms with Crippen LogP contribution in [0.1, 0.15) is 33.3 Å². The number of rotatable bonds is 5. The highest BCUT2D eigenvalue weighted by Crippen LogP contribution is 2.17. The van der Waals surface area contributed by atoms with Crippen LogP contribution in [0, 0.1) is 19.7 Å². The minimum atomic E-state index is -0.312. The predicted molar refractivity (Wildman–Crippen MR) is 80.8 cm³/mol. The van der Waals surface area contributed by atoms with Crippen LogP contribution in [0.2, 0.25) is 0 Å². The molecule has 0 radical (unpaired) electrons. The van der Waals surface area contributed by atoms with Crippen LogP contribution >= 0.6 is 11.8 Å². The van der Waals surface area contributed by atoms with Crippen molar-refractivity contribution in [2.75, 3.05) is 6.26 Å². The zero-order valence-corrected chi connectivity index (χ0v) is 13.0. The minimum absolute atomic E-state index is 0.223. The first-order valence-electron chi connectivity index (χ1n) is 6.49. The van der Waals surface area contributed by atoms with Gasteiger partial charge < -0.3 is 9.73 Å². The number of amides is 1. The number of thioether (sulfide) groups is 1. The first-order chi connectivity index (χ1) is 10.0. The second kappa shape index (κ2) is 6.76. The summed E-state index contributed by atoms with van der Waals surface area (Å²) < 4.78 is 18.5. The molecule has 1 amide bonds. The van der Waals surface area contributed by atoms with Crippen molar-refractivity contribution in [3.63, 3.8) is 0 Å². The first kappa shape index (κ1) is 15.6. The van der Waals surface area contributed by atoms with Gasteiger partial charge in [0.05, 0.1) is 5.69 Å². The van der Waals surface area contributed by atoms with Crippen molar-refractivity contribution in [1.82, 2.24) is 10.3 Å². The number of aryl methyl sites for hydroxylation is 2. The lowest BCUT2D eigenvalue weighted by Crippen LogP contribution is -2.23. The third kappa shape index (κ3) is 3.85. The molecule has 0 fully saturated rings. The van der Waals surface area contributed by atoms with Crippen molar-refractivity contribution < 1.29 is 13.6 Å².